The molecule has 1 aliphatic heterocycles. The van der Waals surface area contributed by atoms with Crippen molar-refractivity contribution in [1.82, 2.24) is 0 Å². The zero-order chi connectivity index (χ0) is 6.91. The minimum atomic E-state index is -1.74. The van der Waals surface area contributed by atoms with Crippen LogP contribution in [0.15, 0.2) is 0 Å². The predicted octanol–water partition coefficient (Wildman–Crippen LogP) is -0.586. The van der Waals surface area contributed by atoms with Crippen LogP contribution in [-0.4, -0.2) is 31.4 Å². The third-order valence-corrected chi connectivity index (χ3v) is 1.57. The molecule has 0 aromatic heterocycles. The van der Waals surface area contributed by atoms with E-state index in [2.05, 4.69) is 0 Å². The topological polar surface area (TPSA) is 29.5 Å². The monoisotopic (exact) mass is 132 g/mol. The quantitative estimate of drug-likeness (QED) is 0.483. The number of rotatable bonds is 1. The standard InChI is InChI=1S/C5H10BFO2/c6-4-1-2-5(7,3-8)9-4/h4,8H,1-3,6H2/t4-,5+/m1/s1. The van der Waals surface area contributed by atoms with Gasteiger partial charge in [0.2, 0.25) is 5.85 Å². The normalized spacial score (nSPS) is 43.6. The molecule has 1 N–H and O–H groups in total. The Labute approximate surface area is 54.4 Å². The fourth-order valence-electron chi connectivity index (χ4n) is 1.01. The van der Waals surface area contributed by atoms with E-state index in [-0.39, 0.29) is 6.00 Å². The first-order valence-corrected chi connectivity index (χ1v) is 3.14. The Morgan fingerprint density at radius 2 is 2.56 bits per heavy atom. The molecule has 4 heteroatoms. The maximum atomic E-state index is 12.8. The number of halogens is 1. The van der Waals surface area contributed by atoms with Crippen molar-refractivity contribution < 1.29 is 14.2 Å². The summed E-state index contributed by atoms with van der Waals surface area (Å²) in [7, 11) is 1.80. The fourth-order valence-corrected chi connectivity index (χ4v) is 1.01. The van der Waals surface area contributed by atoms with E-state index in [0.29, 0.717) is 12.8 Å². The maximum absolute atomic E-state index is 12.8. The van der Waals surface area contributed by atoms with E-state index in [1.54, 1.807) is 7.85 Å². The summed E-state index contributed by atoms with van der Waals surface area (Å²) in [5, 5.41) is 8.44. The van der Waals surface area contributed by atoms with Crippen molar-refractivity contribution in [2.75, 3.05) is 6.61 Å². The second-order valence-electron chi connectivity index (χ2n) is 2.51. The molecule has 1 fully saturated rings. The van der Waals surface area contributed by atoms with Gasteiger partial charge in [0.25, 0.3) is 0 Å². The van der Waals surface area contributed by atoms with E-state index < -0.39 is 12.5 Å². The lowest BCUT2D eigenvalue weighted by molar-refractivity contribution is -0.144. The van der Waals surface area contributed by atoms with Gasteiger partial charge in [-0.25, -0.2) is 4.39 Å². The van der Waals surface area contributed by atoms with Gasteiger partial charge in [-0.15, -0.1) is 0 Å². The van der Waals surface area contributed by atoms with Crippen LogP contribution in [0.4, 0.5) is 4.39 Å². The highest BCUT2D eigenvalue weighted by atomic mass is 19.2. The van der Waals surface area contributed by atoms with E-state index in [9.17, 15) is 4.39 Å². The second kappa shape index (κ2) is 2.27. The summed E-state index contributed by atoms with van der Waals surface area (Å²) >= 11 is 0. The fraction of sp³-hybridized carbons (Fsp3) is 1.00. The van der Waals surface area contributed by atoms with Crippen LogP contribution in [0, 0.1) is 0 Å². The summed E-state index contributed by atoms with van der Waals surface area (Å²) in [5.74, 6) is -1.74. The number of alkyl halides is 1. The highest BCUT2D eigenvalue weighted by Crippen LogP contribution is 2.29. The Hall–Kier alpha value is -0.0851. The first-order valence-electron chi connectivity index (χ1n) is 3.14. The van der Waals surface area contributed by atoms with E-state index >= 15 is 0 Å². The lowest BCUT2D eigenvalue weighted by Gasteiger charge is -2.15. The molecule has 0 aromatic rings. The highest BCUT2D eigenvalue weighted by Gasteiger charge is 2.37. The van der Waals surface area contributed by atoms with Gasteiger partial charge in [-0.05, 0) is 6.42 Å². The van der Waals surface area contributed by atoms with Crippen LogP contribution in [0.25, 0.3) is 0 Å². The number of aliphatic hydroxyl groups excluding tert-OH is 1. The SMILES string of the molecule is B[C@H]1CC[C@@](F)(CO)O1. The van der Waals surface area contributed by atoms with Crippen LogP contribution in [0.5, 0.6) is 0 Å². The number of hydrogen-bond acceptors (Lipinski definition) is 2. The summed E-state index contributed by atoms with van der Waals surface area (Å²) in [5.41, 5.74) is 0. The molecule has 0 amide bonds. The largest absolute Gasteiger partial charge is 0.390 e. The third-order valence-electron chi connectivity index (χ3n) is 1.57. The summed E-state index contributed by atoms with van der Waals surface area (Å²) in [6.45, 7) is -0.517. The Kier molecular flexibility index (Phi) is 1.77. The van der Waals surface area contributed by atoms with E-state index in [4.69, 9.17) is 9.84 Å². The molecule has 0 aromatic carbocycles. The van der Waals surface area contributed by atoms with Crippen molar-refractivity contribution in [3.8, 4) is 0 Å². The molecule has 9 heavy (non-hydrogen) atoms. The first kappa shape index (κ1) is 7.03. The van der Waals surface area contributed by atoms with Gasteiger partial charge in [0.1, 0.15) is 14.5 Å². The van der Waals surface area contributed by atoms with E-state index in [0.717, 1.165) is 0 Å². The van der Waals surface area contributed by atoms with Crippen molar-refractivity contribution >= 4 is 7.85 Å². The van der Waals surface area contributed by atoms with Gasteiger partial charge in [0.05, 0.1) is 0 Å². The number of aliphatic hydroxyl groups is 1. The predicted molar refractivity (Wildman–Crippen MR) is 33.6 cm³/mol. The second-order valence-corrected chi connectivity index (χ2v) is 2.51. The zero-order valence-corrected chi connectivity index (χ0v) is 5.43. The molecule has 1 rings (SSSR count). The van der Waals surface area contributed by atoms with Crippen LogP contribution in [0.2, 0.25) is 0 Å². The first-order chi connectivity index (χ1) is 4.16. The van der Waals surface area contributed by atoms with Gasteiger partial charge in [-0.3, -0.25) is 0 Å². The molecule has 52 valence electrons. The van der Waals surface area contributed by atoms with Crippen LogP contribution >= 0.6 is 0 Å². The smallest absolute Gasteiger partial charge is 0.232 e. The van der Waals surface area contributed by atoms with Crippen molar-refractivity contribution in [1.29, 1.82) is 0 Å². The number of ether oxygens (including phenoxy) is 1. The van der Waals surface area contributed by atoms with Gasteiger partial charge in [-0.1, -0.05) is 0 Å². The molecule has 1 aliphatic rings. The average molecular weight is 132 g/mol. The average Bonchev–Trinajstić information content (AvgIpc) is 2.13. The molecular formula is C5H10BFO2. The van der Waals surface area contributed by atoms with Crippen molar-refractivity contribution in [2.24, 2.45) is 0 Å². The number of hydrogen-bond donors (Lipinski definition) is 1. The molecule has 1 saturated heterocycles. The van der Waals surface area contributed by atoms with Gasteiger partial charge in [0, 0.05) is 12.4 Å². The van der Waals surface area contributed by atoms with Crippen molar-refractivity contribution in [3.05, 3.63) is 0 Å². The van der Waals surface area contributed by atoms with Gasteiger partial charge in [0.15, 0.2) is 0 Å². The van der Waals surface area contributed by atoms with Crippen LogP contribution < -0.4 is 0 Å². The zero-order valence-electron chi connectivity index (χ0n) is 5.43. The lowest BCUT2D eigenvalue weighted by Crippen LogP contribution is -2.27. The third kappa shape index (κ3) is 1.43. The molecule has 0 spiro atoms. The van der Waals surface area contributed by atoms with Gasteiger partial charge in [-0.2, -0.15) is 0 Å². The van der Waals surface area contributed by atoms with Gasteiger partial charge < -0.3 is 9.84 Å². The molecule has 2 nitrogen and oxygen atoms in total. The molecule has 1 heterocycles. The van der Waals surface area contributed by atoms with Crippen LogP contribution in [0.1, 0.15) is 12.8 Å². The highest BCUT2D eigenvalue weighted by molar-refractivity contribution is 6.11. The van der Waals surface area contributed by atoms with Crippen molar-refractivity contribution in [2.45, 2.75) is 24.7 Å². The van der Waals surface area contributed by atoms with E-state index in [1.165, 1.54) is 0 Å². The van der Waals surface area contributed by atoms with Crippen molar-refractivity contribution in [3.63, 3.8) is 0 Å². The lowest BCUT2D eigenvalue weighted by atomic mass is 9.97. The van der Waals surface area contributed by atoms with Crippen LogP contribution in [-0.2, 0) is 4.74 Å². The molecule has 0 saturated carbocycles. The summed E-state index contributed by atoms with van der Waals surface area (Å²) < 4.78 is 17.6. The maximum Gasteiger partial charge on any atom is 0.232 e. The molecule has 2 atom stereocenters. The van der Waals surface area contributed by atoms with E-state index in [1.807, 2.05) is 0 Å². The molecule has 0 bridgehead atoms. The summed E-state index contributed by atoms with van der Waals surface area (Å²) in [6.07, 6.45) is 1.03. The molecule has 0 unspecified atom stereocenters. The molecular weight excluding hydrogens is 122 g/mol. The van der Waals surface area contributed by atoms with Crippen LogP contribution in [0.3, 0.4) is 0 Å². The Balaban J connectivity index is 2.45. The Morgan fingerprint density at radius 1 is 1.89 bits per heavy atom. The minimum Gasteiger partial charge on any atom is -0.390 e. The Bertz CT molecular complexity index is 111. The molecule has 0 radical (unpaired) electrons. The summed E-state index contributed by atoms with van der Waals surface area (Å²) in [6, 6.07) is -0.0397. The minimum absolute atomic E-state index is 0.0397. The summed E-state index contributed by atoms with van der Waals surface area (Å²) in [4.78, 5) is 0. The Morgan fingerprint density at radius 3 is 2.78 bits per heavy atom. The van der Waals surface area contributed by atoms with Gasteiger partial charge >= 0.3 is 0 Å². The molecule has 0 aliphatic carbocycles.